The number of alkyl halides is 2. The molecule has 68 heavy (non-hydrogen) atoms. The second-order valence-electron chi connectivity index (χ2n) is 17.0. The number of likely N-dealkylation sites (tertiary alicyclic amines) is 1. The molecule has 3 amide bonds. The Labute approximate surface area is 392 Å². The van der Waals surface area contributed by atoms with Crippen molar-refractivity contribution < 1.29 is 56.1 Å². The van der Waals surface area contributed by atoms with Crippen LogP contribution < -0.4 is 16.0 Å². The van der Waals surface area contributed by atoms with E-state index in [0.29, 0.717) is 31.7 Å². The van der Waals surface area contributed by atoms with Crippen LogP contribution in [0, 0.1) is 18.6 Å². The van der Waals surface area contributed by atoms with Crippen molar-refractivity contribution in [3.05, 3.63) is 166 Å². The maximum atomic E-state index is 14.0. The fourth-order valence-corrected chi connectivity index (χ4v) is 8.72. The minimum atomic E-state index is -2.84. The molecule has 0 radical (unpaired) electrons. The molecule has 12 nitrogen and oxygen atoms in total. The number of carboxylic acid groups (broad SMARTS) is 1. The number of aryl methyl sites for hydroxylation is 1. The van der Waals surface area contributed by atoms with Gasteiger partial charge in [0.15, 0.2) is 0 Å². The van der Waals surface area contributed by atoms with Crippen molar-refractivity contribution in [3.63, 3.8) is 0 Å². The first-order valence-electron chi connectivity index (χ1n) is 22.5. The van der Waals surface area contributed by atoms with Gasteiger partial charge in [0.05, 0.1) is 38.0 Å². The number of nitrogens with one attached hydrogen (secondary N) is 3. The van der Waals surface area contributed by atoms with Crippen molar-refractivity contribution in [3.8, 4) is 11.1 Å². The van der Waals surface area contributed by atoms with Crippen LogP contribution in [0.3, 0.4) is 0 Å². The van der Waals surface area contributed by atoms with Gasteiger partial charge >= 0.3 is 12.1 Å². The summed E-state index contributed by atoms with van der Waals surface area (Å²) in [4.78, 5) is 51.1. The molecule has 5 aromatic carbocycles. The first-order chi connectivity index (χ1) is 32.8. The van der Waals surface area contributed by atoms with Gasteiger partial charge in [0, 0.05) is 37.4 Å². The topological polar surface area (TPSA) is 156 Å². The third-order valence-corrected chi connectivity index (χ3v) is 12.2. The first-order valence-corrected chi connectivity index (χ1v) is 22.5. The lowest BCUT2D eigenvalue weighted by atomic mass is 9.98. The quantitative estimate of drug-likeness (QED) is 0.0687. The molecule has 16 heteroatoms. The predicted octanol–water partition coefficient (Wildman–Crippen LogP) is 7.70. The zero-order valence-electron chi connectivity index (χ0n) is 37.4. The number of carbonyl (C=O) groups is 4. The highest BCUT2D eigenvalue weighted by molar-refractivity contribution is 5.90. The summed E-state index contributed by atoms with van der Waals surface area (Å²) in [5.41, 5.74) is 6.73. The van der Waals surface area contributed by atoms with Gasteiger partial charge in [-0.3, -0.25) is 14.5 Å². The van der Waals surface area contributed by atoms with Crippen LogP contribution in [0.1, 0.15) is 58.6 Å². The minimum Gasteiger partial charge on any atom is -0.480 e. The number of aliphatic carboxylic acids is 1. The Bertz CT molecular complexity index is 2450. The van der Waals surface area contributed by atoms with Gasteiger partial charge in [0.1, 0.15) is 30.3 Å². The Morgan fingerprint density at radius 1 is 0.779 bits per heavy atom. The largest absolute Gasteiger partial charge is 0.480 e. The third kappa shape index (κ3) is 12.9. The summed E-state index contributed by atoms with van der Waals surface area (Å²) in [6.07, 6.45) is -4.53. The van der Waals surface area contributed by atoms with Crippen LogP contribution in [0.5, 0.6) is 0 Å². The van der Waals surface area contributed by atoms with Gasteiger partial charge in [-0.2, -0.15) is 0 Å². The van der Waals surface area contributed by atoms with Crippen molar-refractivity contribution >= 4 is 23.9 Å². The average molecular weight is 939 g/mol. The standard InChI is InChI=1S/C27H25NO5.C25H29F4N3O3/c29-26(30)25-14-19(32-16-18-8-2-1-3-9-18)15-28(25)27(31)33-17-24-22-12-6-4-10-20(22)21-11-5-7-13-23(21)24;1-15-9-19(26)18(20(27)10-15)7-8-30-24(33)22(12-23(28)29)32-25(34)21-11-17(13-31-21)35-14-16-5-3-2-4-6-16/h1-13,19,24-25H,14-17H2,(H,29,30);2-6,9-10,17,21-23,31H,7-8,11-14H2,1H3,(H,30,33)(H,32,34)/t19-,25?;17-,21?,22+/m11/s1. The molecule has 2 unspecified atom stereocenters. The normalized spacial score (nSPS) is 18.8. The summed E-state index contributed by atoms with van der Waals surface area (Å²) in [6, 6.07) is 34.6. The third-order valence-electron chi connectivity index (χ3n) is 12.2. The number of ether oxygens (including phenoxy) is 3. The lowest BCUT2D eigenvalue weighted by molar-refractivity contribution is -0.141. The highest BCUT2D eigenvalue weighted by atomic mass is 19.3. The maximum absolute atomic E-state index is 14.0. The fourth-order valence-electron chi connectivity index (χ4n) is 8.72. The molecule has 1 aliphatic carbocycles. The average Bonchev–Trinajstić information content (AvgIpc) is 4.08. The van der Waals surface area contributed by atoms with Crippen molar-refractivity contribution in [2.75, 3.05) is 26.2 Å². The van der Waals surface area contributed by atoms with Crippen LogP contribution in [-0.4, -0.2) is 96.9 Å². The smallest absolute Gasteiger partial charge is 0.410 e. The van der Waals surface area contributed by atoms with Crippen LogP contribution in [-0.2, 0) is 48.2 Å². The first kappa shape index (κ1) is 49.3. The van der Waals surface area contributed by atoms with Gasteiger partial charge in [0.2, 0.25) is 18.2 Å². The van der Waals surface area contributed by atoms with Gasteiger partial charge in [0.25, 0.3) is 0 Å². The molecule has 0 bridgehead atoms. The van der Waals surface area contributed by atoms with Gasteiger partial charge in [-0.1, -0.05) is 109 Å². The summed E-state index contributed by atoms with van der Waals surface area (Å²) in [5, 5.41) is 17.4. The number of hydrogen-bond donors (Lipinski definition) is 4. The number of amides is 3. The molecule has 2 aliphatic heterocycles. The van der Waals surface area contributed by atoms with E-state index in [4.69, 9.17) is 14.2 Å². The Balaban J connectivity index is 0.000000201. The lowest BCUT2D eigenvalue weighted by Crippen LogP contribution is -2.52. The molecule has 0 spiro atoms. The molecule has 3 aliphatic rings. The van der Waals surface area contributed by atoms with E-state index in [2.05, 4.69) is 40.2 Å². The number of carboxylic acids is 1. The van der Waals surface area contributed by atoms with Crippen LogP contribution in [0.2, 0.25) is 0 Å². The molecule has 2 heterocycles. The fraction of sp³-hybridized carbons (Fsp3) is 0.346. The highest BCUT2D eigenvalue weighted by Crippen LogP contribution is 2.44. The van der Waals surface area contributed by atoms with Crippen molar-refractivity contribution in [2.45, 2.75) is 88.5 Å². The molecule has 0 saturated carbocycles. The van der Waals surface area contributed by atoms with Crippen LogP contribution in [0.4, 0.5) is 22.4 Å². The van der Waals surface area contributed by atoms with Gasteiger partial charge in [-0.25, -0.2) is 27.2 Å². The number of halogens is 4. The van der Waals surface area contributed by atoms with Crippen molar-refractivity contribution in [1.29, 1.82) is 0 Å². The molecule has 8 rings (SSSR count). The Morgan fingerprint density at radius 2 is 1.34 bits per heavy atom. The zero-order chi connectivity index (χ0) is 48.2. The molecule has 2 saturated heterocycles. The summed E-state index contributed by atoms with van der Waals surface area (Å²) in [6.45, 7) is 2.88. The van der Waals surface area contributed by atoms with Crippen LogP contribution in [0.15, 0.2) is 121 Å². The second-order valence-corrected chi connectivity index (χ2v) is 17.0. The van der Waals surface area contributed by atoms with E-state index in [0.717, 1.165) is 33.4 Å². The Hall–Kier alpha value is -6.62. The molecular weight excluding hydrogens is 885 g/mol. The van der Waals surface area contributed by atoms with Crippen LogP contribution >= 0.6 is 0 Å². The predicted molar refractivity (Wildman–Crippen MR) is 245 cm³/mol. The van der Waals surface area contributed by atoms with E-state index in [1.165, 1.54) is 17.0 Å². The monoisotopic (exact) mass is 938 g/mol. The Kier molecular flexibility index (Phi) is 17.0. The molecule has 5 aromatic rings. The number of benzene rings is 5. The van der Waals surface area contributed by atoms with Gasteiger partial charge in [-0.05, 0) is 70.8 Å². The van der Waals surface area contributed by atoms with Crippen molar-refractivity contribution in [2.24, 2.45) is 0 Å². The number of nitrogens with zero attached hydrogens (tertiary/aromatic N) is 1. The SMILES string of the molecule is Cc1cc(F)c(CCNC(=O)[C@H](CC(F)F)NC(=O)C2C[C@@H](OCc3ccccc3)CN2)c(F)c1.O=C(O)C1C[C@@H](OCc2ccccc2)CN1C(=O)OCC1c2ccccc2-c2ccccc21. The van der Waals surface area contributed by atoms with E-state index >= 15 is 0 Å². The molecule has 4 N–H and O–H groups in total. The van der Waals surface area contributed by atoms with E-state index in [9.17, 15) is 41.8 Å². The van der Waals surface area contributed by atoms with Crippen molar-refractivity contribution in [1.82, 2.24) is 20.9 Å². The molecule has 358 valence electrons. The zero-order valence-corrected chi connectivity index (χ0v) is 37.4. The van der Waals surface area contributed by atoms with E-state index in [-0.39, 0.29) is 56.2 Å². The van der Waals surface area contributed by atoms with E-state index in [1.54, 1.807) is 6.92 Å². The number of carbonyl (C=O) groups excluding carboxylic acids is 3. The highest BCUT2D eigenvalue weighted by Gasteiger charge is 2.42. The van der Waals surface area contributed by atoms with Crippen LogP contribution in [0.25, 0.3) is 11.1 Å². The maximum Gasteiger partial charge on any atom is 0.410 e. The Morgan fingerprint density at radius 3 is 1.91 bits per heavy atom. The molecule has 5 atom stereocenters. The summed E-state index contributed by atoms with van der Waals surface area (Å²) >= 11 is 0. The summed E-state index contributed by atoms with van der Waals surface area (Å²) in [7, 11) is 0. The second kappa shape index (κ2) is 23.4. The molecule has 2 fully saturated rings. The van der Waals surface area contributed by atoms with E-state index < -0.39 is 66.5 Å². The van der Waals surface area contributed by atoms with Gasteiger partial charge in [-0.15, -0.1) is 0 Å². The van der Waals surface area contributed by atoms with Gasteiger partial charge < -0.3 is 35.3 Å². The summed E-state index contributed by atoms with van der Waals surface area (Å²) < 4.78 is 71.5. The number of rotatable bonds is 17. The van der Waals surface area contributed by atoms with E-state index in [1.807, 2.05) is 84.9 Å². The number of fused-ring (bicyclic) bond motifs is 3. The minimum absolute atomic E-state index is 0.0719. The molecule has 0 aromatic heterocycles. The lowest BCUT2D eigenvalue weighted by Gasteiger charge is -2.22. The summed E-state index contributed by atoms with van der Waals surface area (Å²) in [5.74, 6) is -4.04. The number of hydrogen-bond acceptors (Lipinski definition) is 8. The molecular formula is C52H54F4N4O8.